The van der Waals surface area contributed by atoms with Gasteiger partial charge in [0.05, 0.1) is 6.20 Å². The van der Waals surface area contributed by atoms with Gasteiger partial charge in [0.25, 0.3) is 0 Å². The quantitative estimate of drug-likeness (QED) is 0.757. The van der Waals surface area contributed by atoms with E-state index in [2.05, 4.69) is 4.98 Å². The van der Waals surface area contributed by atoms with Crippen molar-refractivity contribution in [3.63, 3.8) is 0 Å². The Bertz CT molecular complexity index is 248. The molecule has 0 bridgehead atoms. The third kappa shape index (κ3) is 2.66. The first kappa shape index (κ1) is 9.92. The van der Waals surface area contributed by atoms with Crippen molar-refractivity contribution in [2.24, 2.45) is 5.73 Å². The minimum absolute atomic E-state index is 0.312. The Kier molecular flexibility index (Phi) is 3.64. The van der Waals surface area contributed by atoms with Crippen molar-refractivity contribution in [2.45, 2.75) is 6.92 Å². The van der Waals surface area contributed by atoms with Crippen LogP contribution in [0.4, 0.5) is 10.2 Å². The number of aromatic nitrogens is 1. The summed E-state index contributed by atoms with van der Waals surface area (Å²) in [5.41, 5.74) is 5.43. The predicted molar refractivity (Wildman–Crippen MR) is 51.1 cm³/mol. The molecule has 0 aliphatic carbocycles. The van der Waals surface area contributed by atoms with E-state index in [-0.39, 0.29) is 5.82 Å². The largest absolute Gasteiger partial charge is 0.356 e. The molecule has 13 heavy (non-hydrogen) atoms. The number of pyridine rings is 1. The molecule has 0 aliphatic rings. The van der Waals surface area contributed by atoms with Gasteiger partial charge in [-0.1, -0.05) is 0 Å². The van der Waals surface area contributed by atoms with Crippen molar-refractivity contribution < 1.29 is 4.39 Å². The van der Waals surface area contributed by atoms with E-state index < -0.39 is 0 Å². The Hall–Kier alpha value is -1.16. The fourth-order valence-electron chi connectivity index (χ4n) is 1.15. The van der Waals surface area contributed by atoms with Crippen LogP contribution in [0.3, 0.4) is 0 Å². The van der Waals surface area contributed by atoms with Crippen LogP contribution in [0.1, 0.15) is 6.92 Å². The Morgan fingerprint density at radius 3 is 2.77 bits per heavy atom. The van der Waals surface area contributed by atoms with Crippen LogP contribution in [0.2, 0.25) is 0 Å². The molecule has 0 amide bonds. The van der Waals surface area contributed by atoms with Crippen LogP contribution < -0.4 is 10.6 Å². The summed E-state index contributed by atoms with van der Waals surface area (Å²) in [5.74, 6) is 0.460. The van der Waals surface area contributed by atoms with Gasteiger partial charge in [0.15, 0.2) is 0 Å². The third-order valence-corrected chi connectivity index (χ3v) is 1.82. The van der Waals surface area contributed by atoms with Crippen molar-refractivity contribution in [2.75, 3.05) is 24.5 Å². The number of nitrogens with two attached hydrogens (primary N) is 1. The van der Waals surface area contributed by atoms with Gasteiger partial charge < -0.3 is 10.6 Å². The molecule has 72 valence electrons. The molecule has 0 aromatic carbocycles. The summed E-state index contributed by atoms with van der Waals surface area (Å²) in [6.45, 7) is 4.17. The lowest BCUT2D eigenvalue weighted by molar-refractivity contribution is 0.620. The van der Waals surface area contributed by atoms with Crippen LogP contribution in [0.25, 0.3) is 0 Å². The summed E-state index contributed by atoms with van der Waals surface area (Å²) in [7, 11) is 0. The predicted octanol–water partition coefficient (Wildman–Crippen LogP) is 1.01. The number of hydrogen-bond acceptors (Lipinski definition) is 3. The molecular weight excluding hydrogens is 169 g/mol. The van der Waals surface area contributed by atoms with E-state index in [4.69, 9.17) is 5.73 Å². The Morgan fingerprint density at radius 2 is 2.31 bits per heavy atom. The molecule has 1 aromatic rings. The molecule has 4 heteroatoms. The second-order valence-electron chi connectivity index (χ2n) is 2.70. The first-order chi connectivity index (χ1) is 6.27. The highest BCUT2D eigenvalue weighted by atomic mass is 19.1. The highest BCUT2D eigenvalue weighted by molar-refractivity contribution is 5.37. The number of likely N-dealkylation sites (N-methyl/N-ethyl adjacent to an activating group) is 1. The van der Waals surface area contributed by atoms with Crippen LogP contribution in [0.5, 0.6) is 0 Å². The smallest absolute Gasteiger partial charge is 0.141 e. The number of halogens is 1. The normalized spacial score (nSPS) is 10.1. The SMILES string of the molecule is CCN(CCN)c1ccc(F)cn1. The van der Waals surface area contributed by atoms with E-state index in [1.165, 1.54) is 12.3 Å². The molecule has 1 rings (SSSR count). The summed E-state index contributed by atoms with van der Waals surface area (Å²) in [4.78, 5) is 5.96. The van der Waals surface area contributed by atoms with Crippen LogP contribution in [-0.2, 0) is 0 Å². The molecule has 0 atom stereocenters. The number of hydrogen-bond donors (Lipinski definition) is 1. The molecule has 3 nitrogen and oxygen atoms in total. The van der Waals surface area contributed by atoms with Crippen molar-refractivity contribution in [3.8, 4) is 0 Å². The second-order valence-corrected chi connectivity index (χ2v) is 2.70. The molecule has 0 unspecified atom stereocenters. The Labute approximate surface area is 77.4 Å². The Morgan fingerprint density at radius 1 is 1.54 bits per heavy atom. The van der Waals surface area contributed by atoms with Gasteiger partial charge in [0.2, 0.25) is 0 Å². The summed E-state index contributed by atoms with van der Waals surface area (Å²) >= 11 is 0. The van der Waals surface area contributed by atoms with E-state index in [1.54, 1.807) is 6.07 Å². The average Bonchev–Trinajstić information content (AvgIpc) is 2.16. The standard InChI is InChI=1S/C9H14FN3/c1-2-13(6-5-11)9-4-3-8(10)7-12-9/h3-4,7H,2,5-6,11H2,1H3. The van der Waals surface area contributed by atoms with E-state index >= 15 is 0 Å². The third-order valence-electron chi connectivity index (χ3n) is 1.82. The molecule has 1 aromatic heterocycles. The van der Waals surface area contributed by atoms with E-state index in [1.807, 2.05) is 11.8 Å². The van der Waals surface area contributed by atoms with Crippen LogP contribution in [-0.4, -0.2) is 24.6 Å². The van der Waals surface area contributed by atoms with Gasteiger partial charge in [0, 0.05) is 19.6 Å². The molecule has 0 saturated carbocycles. The lowest BCUT2D eigenvalue weighted by Gasteiger charge is -2.20. The maximum atomic E-state index is 12.5. The number of nitrogens with zero attached hydrogens (tertiary/aromatic N) is 2. The zero-order valence-electron chi connectivity index (χ0n) is 7.70. The lowest BCUT2D eigenvalue weighted by atomic mass is 10.4. The van der Waals surface area contributed by atoms with Crippen LogP contribution in [0, 0.1) is 5.82 Å². The molecule has 0 fully saturated rings. The van der Waals surface area contributed by atoms with Crippen molar-refractivity contribution in [1.82, 2.24) is 4.98 Å². The molecule has 0 saturated heterocycles. The molecule has 1 heterocycles. The van der Waals surface area contributed by atoms with Gasteiger partial charge in [-0.3, -0.25) is 0 Å². The van der Waals surface area contributed by atoms with Crippen molar-refractivity contribution in [3.05, 3.63) is 24.1 Å². The highest BCUT2D eigenvalue weighted by Crippen LogP contribution is 2.09. The Balaban J connectivity index is 2.73. The fourth-order valence-corrected chi connectivity index (χ4v) is 1.15. The lowest BCUT2D eigenvalue weighted by Crippen LogP contribution is -2.29. The van der Waals surface area contributed by atoms with Gasteiger partial charge in [-0.25, -0.2) is 9.37 Å². The van der Waals surface area contributed by atoms with Crippen molar-refractivity contribution >= 4 is 5.82 Å². The van der Waals surface area contributed by atoms with E-state index in [9.17, 15) is 4.39 Å². The van der Waals surface area contributed by atoms with Crippen LogP contribution >= 0.6 is 0 Å². The summed E-state index contributed by atoms with van der Waals surface area (Å²) < 4.78 is 12.5. The summed E-state index contributed by atoms with van der Waals surface area (Å²) in [6, 6.07) is 3.07. The highest BCUT2D eigenvalue weighted by Gasteiger charge is 2.03. The van der Waals surface area contributed by atoms with Gasteiger partial charge in [-0.05, 0) is 19.1 Å². The first-order valence-electron chi connectivity index (χ1n) is 4.34. The fraction of sp³-hybridized carbons (Fsp3) is 0.444. The molecule has 2 N–H and O–H groups in total. The monoisotopic (exact) mass is 183 g/mol. The van der Waals surface area contributed by atoms with E-state index in [0.717, 1.165) is 18.9 Å². The summed E-state index contributed by atoms with van der Waals surface area (Å²) in [5, 5.41) is 0. The van der Waals surface area contributed by atoms with Gasteiger partial charge >= 0.3 is 0 Å². The van der Waals surface area contributed by atoms with Gasteiger partial charge in [-0.2, -0.15) is 0 Å². The van der Waals surface area contributed by atoms with Gasteiger partial charge in [-0.15, -0.1) is 0 Å². The molecule has 0 aliphatic heterocycles. The summed E-state index contributed by atoms with van der Waals surface area (Å²) in [6.07, 6.45) is 1.22. The average molecular weight is 183 g/mol. The zero-order chi connectivity index (χ0) is 9.68. The minimum Gasteiger partial charge on any atom is -0.356 e. The zero-order valence-corrected chi connectivity index (χ0v) is 7.70. The molecular formula is C9H14FN3. The van der Waals surface area contributed by atoms with Crippen molar-refractivity contribution in [1.29, 1.82) is 0 Å². The van der Waals surface area contributed by atoms with Gasteiger partial charge in [0.1, 0.15) is 11.6 Å². The second kappa shape index (κ2) is 4.77. The van der Waals surface area contributed by atoms with E-state index in [0.29, 0.717) is 6.54 Å². The first-order valence-corrected chi connectivity index (χ1v) is 4.34. The topological polar surface area (TPSA) is 42.1 Å². The van der Waals surface area contributed by atoms with Crippen LogP contribution in [0.15, 0.2) is 18.3 Å². The number of anilines is 1. The molecule has 0 radical (unpaired) electrons. The maximum absolute atomic E-state index is 12.5. The number of rotatable bonds is 4. The maximum Gasteiger partial charge on any atom is 0.141 e. The minimum atomic E-state index is -0.312. The molecule has 0 spiro atoms.